The molecule has 0 aliphatic rings. The topological polar surface area (TPSA) is 35.2 Å². The molecule has 5 heteroatoms. The molecule has 0 aliphatic carbocycles. The van der Waals surface area contributed by atoms with Gasteiger partial charge in [0, 0.05) is 11.8 Å². The maximum Gasteiger partial charge on any atom is 0.141 e. The lowest BCUT2D eigenvalue weighted by atomic mass is 10.2. The number of anilines is 1. The Morgan fingerprint density at radius 1 is 1.11 bits per heavy atom. The van der Waals surface area contributed by atoms with Crippen LogP contribution in [0.3, 0.4) is 0 Å². The molecule has 0 fully saturated rings. The third kappa shape index (κ3) is 3.20. The van der Waals surface area contributed by atoms with Crippen molar-refractivity contribution in [2.24, 2.45) is 0 Å². The summed E-state index contributed by atoms with van der Waals surface area (Å²) in [4.78, 5) is 0. The van der Waals surface area contributed by atoms with Gasteiger partial charge in [-0.2, -0.15) is 0 Å². The predicted molar refractivity (Wildman–Crippen MR) is 69.2 cm³/mol. The summed E-state index contributed by atoms with van der Waals surface area (Å²) in [6.45, 7) is 0.128. The SMILES string of the molecule is Nc1cc(F)cc(COc2ccc(Br)c(F)c2)c1. The van der Waals surface area contributed by atoms with Gasteiger partial charge in [-0.15, -0.1) is 0 Å². The van der Waals surface area contributed by atoms with E-state index in [1.54, 1.807) is 18.2 Å². The Hall–Kier alpha value is -1.62. The Labute approximate surface area is 112 Å². The molecule has 0 aliphatic heterocycles. The van der Waals surface area contributed by atoms with Gasteiger partial charge in [0.25, 0.3) is 0 Å². The molecule has 0 saturated carbocycles. The van der Waals surface area contributed by atoms with Crippen LogP contribution in [0.25, 0.3) is 0 Å². The fourth-order valence-corrected chi connectivity index (χ4v) is 1.74. The van der Waals surface area contributed by atoms with E-state index in [-0.39, 0.29) is 6.61 Å². The van der Waals surface area contributed by atoms with Gasteiger partial charge < -0.3 is 10.5 Å². The van der Waals surface area contributed by atoms with Crippen molar-refractivity contribution < 1.29 is 13.5 Å². The van der Waals surface area contributed by atoms with E-state index in [0.717, 1.165) is 0 Å². The van der Waals surface area contributed by atoms with Gasteiger partial charge in [-0.3, -0.25) is 0 Å². The Kier molecular flexibility index (Phi) is 3.81. The molecule has 0 atom stereocenters. The van der Waals surface area contributed by atoms with Crippen molar-refractivity contribution in [1.29, 1.82) is 0 Å². The van der Waals surface area contributed by atoms with Gasteiger partial charge >= 0.3 is 0 Å². The van der Waals surface area contributed by atoms with Gasteiger partial charge in [-0.1, -0.05) is 0 Å². The normalized spacial score (nSPS) is 10.4. The van der Waals surface area contributed by atoms with Gasteiger partial charge in [-0.05, 0) is 51.8 Å². The van der Waals surface area contributed by atoms with Crippen molar-refractivity contribution in [2.75, 3.05) is 5.73 Å². The highest BCUT2D eigenvalue weighted by Crippen LogP contribution is 2.22. The van der Waals surface area contributed by atoms with E-state index in [4.69, 9.17) is 10.5 Å². The maximum atomic E-state index is 13.2. The van der Waals surface area contributed by atoms with Crippen LogP contribution in [0.2, 0.25) is 0 Å². The van der Waals surface area contributed by atoms with Crippen LogP contribution in [0.4, 0.5) is 14.5 Å². The third-order valence-electron chi connectivity index (χ3n) is 2.28. The molecule has 18 heavy (non-hydrogen) atoms. The molecule has 2 aromatic carbocycles. The van der Waals surface area contributed by atoms with Crippen LogP contribution in [0.15, 0.2) is 40.9 Å². The highest BCUT2D eigenvalue weighted by molar-refractivity contribution is 9.10. The Balaban J connectivity index is 2.08. The van der Waals surface area contributed by atoms with Gasteiger partial charge in [0.2, 0.25) is 0 Å². The molecule has 0 aromatic heterocycles. The van der Waals surface area contributed by atoms with Crippen molar-refractivity contribution in [3.63, 3.8) is 0 Å². The number of hydrogen-bond acceptors (Lipinski definition) is 2. The Morgan fingerprint density at radius 2 is 1.89 bits per heavy atom. The molecule has 0 amide bonds. The molecule has 2 N–H and O–H groups in total. The molecule has 2 aromatic rings. The molecule has 94 valence electrons. The van der Waals surface area contributed by atoms with E-state index in [0.29, 0.717) is 21.5 Å². The molecule has 0 bridgehead atoms. The molecule has 0 radical (unpaired) electrons. The van der Waals surface area contributed by atoms with Crippen molar-refractivity contribution in [2.45, 2.75) is 6.61 Å². The number of benzene rings is 2. The van der Waals surface area contributed by atoms with Gasteiger partial charge in [-0.25, -0.2) is 8.78 Å². The standard InChI is InChI=1S/C13H10BrF2NO/c14-12-2-1-11(6-13(12)16)18-7-8-3-9(15)5-10(17)4-8/h1-6H,7,17H2. The van der Waals surface area contributed by atoms with E-state index < -0.39 is 11.6 Å². The largest absolute Gasteiger partial charge is 0.489 e. The van der Waals surface area contributed by atoms with E-state index in [9.17, 15) is 8.78 Å². The van der Waals surface area contributed by atoms with Crippen molar-refractivity contribution >= 4 is 21.6 Å². The van der Waals surface area contributed by atoms with E-state index >= 15 is 0 Å². The molecule has 0 saturated heterocycles. The first-order valence-electron chi connectivity index (χ1n) is 5.17. The van der Waals surface area contributed by atoms with Crippen LogP contribution in [0.1, 0.15) is 5.56 Å². The lowest BCUT2D eigenvalue weighted by Gasteiger charge is -2.07. The summed E-state index contributed by atoms with van der Waals surface area (Å²) in [5.41, 5.74) is 6.43. The fourth-order valence-electron chi connectivity index (χ4n) is 1.49. The highest BCUT2D eigenvalue weighted by Gasteiger charge is 2.03. The Morgan fingerprint density at radius 3 is 2.56 bits per heavy atom. The van der Waals surface area contributed by atoms with E-state index in [1.165, 1.54) is 18.2 Å². The second-order valence-electron chi connectivity index (χ2n) is 3.76. The third-order valence-corrected chi connectivity index (χ3v) is 2.92. The second-order valence-corrected chi connectivity index (χ2v) is 4.61. The lowest BCUT2D eigenvalue weighted by Crippen LogP contribution is -1.98. The van der Waals surface area contributed by atoms with Crippen LogP contribution < -0.4 is 10.5 Å². The average Bonchev–Trinajstić information content (AvgIpc) is 2.29. The molecular weight excluding hydrogens is 304 g/mol. The monoisotopic (exact) mass is 313 g/mol. The second kappa shape index (κ2) is 5.35. The number of ether oxygens (including phenoxy) is 1. The summed E-state index contributed by atoms with van der Waals surface area (Å²) < 4.78 is 32.0. The van der Waals surface area contributed by atoms with Crippen molar-refractivity contribution in [1.82, 2.24) is 0 Å². The minimum atomic E-state index is -0.421. The van der Waals surface area contributed by atoms with E-state index in [2.05, 4.69) is 15.9 Å². The smallest absolute Gasteiger partial charge is 0.141 e. The zero-order valence-corrected chi connectivity index (χ0v) is 10.9. The van der Waals surface area contributed by atoms with Crippen LogP contribution in [0.5, 0.6) is 5.75 Å². The summed E-state index contributed by atoms with van der Waals surface area (Å²) >= 11 is 3.05. The number of nitrogens with two attached hydrogens (primary N) is 1. The van der Waals surface area contributed by atoms with Crippen LogP contribution >= 0.6 is 15.9 Å². The summed E-state index contributed by atoms with van der Waals surface area (Å²) in [6, 6.07) is 8.58. The van der Waals surface area contributed by atoms with Gasteiger partial charge in [0.05, 0.1) is 4.47 Å². The van der Waals surface area contributed by atoms with Crippen molar-refractivity contribution in [3.05, 3.63) is 58.1 Å². The van der Waals surface area contributed by atoms with Crippen LogP contribution in [-0.2, 0) is 6.61 Å². The first-order valence-corrected chi connectivity index (χ1v) is 5.97. The molecule has 0 heterocycles. The summed E-state index contributed by atoms with van der Waals surface area (Å²) in [5, 5.41) is 0. The molecule has 0 unspecified atom stereocenters. The number of hydrogen-bond donors (Lipinski definition) is 1. The fraction of sp³-hybridized carbons (Fsp3) is 0.0769. The zero-order valence-electron chi connectivity index (χ0n) is 9.29. The molecule has 2 rings (SSSR count). The zero-order chi connectivity index (χ0) is 13.1. The van der Waals surface area contributed by atoms with E-state index in [1.807, 2.05) is 0 Å². The number of rotatable bonds is 3. The minimum Gasteiger partial charge on any atom is -0.489 e. The van der Waals surface area contributed by atoms with Crippen LogP contribution in [0, 0.1) is 11.6 Å². The first kappa shape index (κ1) is 12.8. The van der Waals surface area contributed by atoms with Crippen LogP contribution in [-0.4, -0.2) is 0 Å². The summed E-state index contributed by atoms with van der Waals surface area (Å²) in [5.74, 6) is -0.458. The maximum absolute atomic E-state index is 13.2. The Bertz CT molecular complexity index is 555. The molecule has 0 spiro atoms. The first-order chi connectivity index (χ1) is 8.54. The molecule has 2 nitrogen and oxygen atoms in total. The lowest BCUT2D eigenvalue weighted by molar-refractivity contribution is 0.304. The number of nitrogen functional groups attached to an aromatic ring is 1. The quantitative estimate of drug-likeness (QED) is 0.873. The summed E-state index contributed by atoms with van der Waals surface area (Å²) in [7, 11) is 0. The number of halogens is 3. The average molecular weight is 314 g/mol. The van der Waals surface area contributed by atoms with Gasteiger partial charge in [0.15, 0.2) is 0 Å². The highest BCUT2D eigenvalue weighted by atomic mass is 79.9. The van der Waals surface area contributed by atoms with Gasteiger partial charge in [0.1, 0.15) is 24.0 Å². The minimum absolute atomic E-state index is 0.128. The summed E-state index contributed by atoms with van der Waals surface area (Å²) in [6.07, 6.45) is 0. The molecular formula is C13H10BrF2NO. The predicted octanol–water partition coefficient (Wildman–Crippen LogP) is 3.89. The van der Waals surface area contributed by atoms with Crippen molar-refractivity contribution in [3.8, 4) is 5.75 Å².